The summed E-state index contributed by atoms with van der Waals surface area (Å²) in [7, 11) is 0. The van der Waals surface area contributed by atoms with Gasteiger partial charge in [-0.3, -0.25) is 4.99 Å². The lowest BCUT2D eigenvalue weighted by Gasteiger charge is -2.10. The normalized spacial score (nSPS) is 11.4. The third-order valence-corrected chi connectivity index (χ3v) is 4.31. The van der Waals surface area contributed by atoms with Crippen LogP contribution in [0.2, 0.25) is 0 Å². The van der Waals surface area contributed by atoms with Crippen LogP contribution in [0.3, 0.4) is 0 Å². The van der Waals surface area contributed by atoms with Crippen molar-refractivity contribution in [1.82, 2.24) is 15.6 Å². The first kappa shape index (κ1) is 21.6. The molecule has 0 atom stereocenters. The van der Waals surface area contributed by atoms with E-state index in [-0.39, 0.29) is 24.0 Å². The topological polar surface area (TPSA) is 49.3 Å². The maximum absolute atomic E-state index is 4.66. The van der Waals surface area contributed by atoms with Gasteiger partial charge in [-0.2, -0.15) is 0 Å². The Labute approximate surface area is 156 Å². The van der Waals surface area contributed by atoms with Crippen LogP contribution in [0.25, 0.3) is 0 Å². The van der Waals surface area contributed by atoms with Gasteiger partial charge in [-0.25, -0.2) is 4.98 Å². The highest BCUT2D eigenvalue weighted by molar-refractivity contribution is 14.0. The molecule has 1 aromatic rings. The van der Waals surface area contributed by atoms with E-state index in [2.05, 4.69) is 53.7 Å². The summed E-state index contributed by atoms with van der Waals surface area (Å²) >= 11 is 1.76. The number of aromatic nitrogens is 1. The summed E-state index contributed by atoms with van der Waals surface area (Å²) in [6, 6.07) is 0. The summed E-state index contributed by atoms with van der Waals surface area (Å²) in [6.45, 7) is 11.4. The fourth-order valence-corrected chi connectivity index (χ4v) is 2.78. The predicted octanol–water partition coefficient (Wildman–Crippen LogP) is 4.17. The first-order valence-electron chi connectivity index (χ1n) is 8.13. The Balaban J connectivity index is 0.00000441. The van der Waals surface area contributed by atoms with Crippen LogP contribution in [0.5, 0.6) is 0 Å². The van der Waals surface area contributed by atoms with Crippen LogP contribution in [0.1, 0.15) is 63.6 Å². The Morgan fingerprint density at radius 1 is 1.27 bits per heavy atom. The van der Waals surface area contributed by atoms with Crippen LogP contribution in [0, 0.1) is 0 Å². The Kier molecular flexibility index (Phi) is 12.9. The molecule has 1 heterocycles. The molecule has 6 heteroatoms. The van der Waals surface area contributed by atoms with Gasteiger partial charge in [-0.1, -0.05) is 33.6 Å². The van der Waals surface area contributed by atoms with E-state index in [0.29, 0.717) is 5.92 Å². The van der Waals surface area contributed by atoms with Crippen LogP contribution in [0.15, 0.2) is 10.4 Å². The van der Waals surface area contributed by atoms with Gasteiger partial charge in [0.05, 0.1) is 10.7 Å². The first-order valence-corrected chi connectivity index (χ1v) is 9.01. The van der Waals surface area contributed by atoms with Gasteiger partial charge in [-0.15, -0.1) is 35.3 Å². The highest BCUT2D eigenvalue weighted by Crippen LogP contribution is 2.19. The second-order valence-electron chi connectivity index (χ2n) is 5.48. The lowest BCUT2D eigenvalue weighted by Crippen LogP contribution is -2.38. The lowest BCUT2D eigenvalue weighted by atomic mass is 10.2. The van der Waals surface area contributed by atoms with Gasteiger partial charge >= 0.3 is 0 Å². The van der Waals surface area contributed by atoms with Crippen LogP contribution < -0.4 is 10.6 Å². The molecule has 4 nitrogen and oxygen atoms in total. The fraction of sp³-hybridized carbons (Fsp3) is 0.750. The molecule has 0 fully saturated rings. The van der Waals surface area contributed by atoms with E-state index in [0.717, 1.165) is 38.4 Å². The molecule has 0 saturated heterocycles. The molecule has 0 saturated carbocycles. The van der Waals surface area contributed by atoms with Crippen molar-refractivity contribution in [2.24, 2.45) is 4.99 Å². The van der Waals surface area contributed by atoms with Crippen molar-refractivity contribution in [3.63, 3.8) is 0 Å². The van der Waals surface area contributed by atoms with Crippen molar-refractivity contribution < 1.29 is 0 Å². The third kappa shape index (κ3) is 8.92. The van der Waals surface area contributed by atoms with Crippen molar-refractivity contribution in [3.05, 3.63) is 16.1 Å². The Hall–Kier alpha value is -0.370. The van der Waals surface area contributed by atoms with E-state index in [1.807, 2.05) is 0 Å². The van der Waals surface area contributed by atoms with Gasteiger partial charge in [-0.05, 0) is 13.3 Å². The summed E-state index contributed by atoms with van der Waals surface area (Å²) in [5, 5.41) is 10.1. The standard InChI is InChI=1S/C16H30N4S.HI/c1-5-7-8-10-18-16(17-6-2)19-11-9-14-12-21-15(20-14)13(3)4;/h12-13H,5-11H2,1-4H3,(H2,17,18,19);1H. The maximum Gasteiger partial charge on any atom is 0.191 e. The molecule has 0 aliphatic heterocycles. The fourth-order valence-electron chi connectivity index (χ4n) is 1.91. The molecule has 0 spiro atoms. The number of nitrogens with one attached hydrogen (secondary N) is 2. The number of thiazole rings is 1. The molecule has 1 rings (SSSR count). The third-order valence-electron chi connectivity index (χ3n) is 3.11. The molecule has 0 aliphatic rings. The van der Waals surface area contributed by atoms with Gasteiger partial charge in [0.2, 0.25) is 0 Å². The molecular formula is C16H31IN4S. The zero-order valence-corrected chi connectivity index (χ0v) is 17.5. The zero-order chi connectivity index (χ0) is 15.5. The zero-order valence-electron chi connectivity index (χ0n) is 14.3. The van der Waals surface area contributed by atoms with Crippen LogP contribution in [-0.2, 0) is 6.42 Å². The van der Waals surface area contributed by atoms with E-state index in [1.54, 1.807) is 11.3 Å². The molecule has 1 aromatic heterocycles. The second-order valence-corrected chi connectivity index (χ2v) is 6.37. The average Bonchev–Trinajstić information content (AvgIpc) is 2.92. The van der Waals surface area contributed by atoms with E-state index < -0.39 is 0 Å². The molecule has 0 bridgehead atoms. The lowest BCUT2D eigenvalue weighted by molar-refractivity contribution is 0.715. The summed E-state index contributed by atoms with van der Waals surface area (Å²) in [5.74, 6) is 1.45. The number of rotatable bonds is 9. The second kappa shape index (κ2) is 13.1. The van der Waals surface area contributed by atoms with Gasteiger partial charge in [0.25, 0.3) is 0 Å². The molecule has 0 amide bonds. The number of hydrogen-bond acceptors (Lipinski definition) is 3. The quantitative estimate of drug-likeness (QED) is 0.263. The first-order chi connectivity index (χ1) is 10.2. The van der Waals surface area contributed by atoms with E-state index in [1.165, 1.54) is 23.5 Å². The van der Waals surface area contributed by atoms with Crippen molar-refractivity contribution in [3.8, 4) is 0 Å². The van der Waals surface area contributed by atoms with Crippen LogP contribution in [-0.4, -0.2) is 30.6 Å². The molecule has 0 aliphatic carbocycles. The highest BCUT2D eigenvalue weighted by Gasteiger charge is 2.05. The van der Waals surface area contributed by atoms with Gasteiger partial charge in [0.1, 0.15) is 0 Å². The van der Waals surface area contributed by atoms with Crippen molar-refractivity contribution in [1.29, 1.82) is 0 Å². The summed E-state index contributed by atoms with van der Waals surface area (Å²) in [5.41, 5.74) is 1.18. The number of unbranched alkanes of at least 4 members (excludes halogenated alkanes) is 2. The summed E-state index contributed by atoms with van der Waals surface area (Å²) in [6.07, 6.45) is 4.60. The summed E-state index contributed by atoms with van der Waals surface area (Å²) < 4.78 is 0. The highest BCUT2D eigenvalue weighted by atomic mass is 127. The smallest absolute Gasteiger partial charge is 0.191 e. The van der Waals surface area contributed by atoms with Gasteiger partial charge in [0.15, 0.2) is 5.96 Å². The van der Waals surface area contributed by atoms with Crippen LogP contribution in [0.4, 0.5) is 0 Å². The minimum absolute atomic E-state index is 0. The maximum atomic E-state index is 4.66. The SMILES string of the molecule is CCCCCN=C(NCC)NCCc1csc(C(C)C)n1.I. The largest absolute Gasteiger partial charge is 0.357 e. The monoisotopic (exact) mass is 438 g/mol. The number of guanidine groups is 1. The molecule has 0 radical (unpaired) electrons. The Morgan fingerprint density at radius 2 is 2.05 bits per heavy atom. The van der Waals surface area contributed by atoms with E-state index in [4.69, 9.17) is 0 Å². The number of hydrogen-bond donors (Lipinski definition) is 2. The molecule has 0 aromatic carbocycles. The number of halogens is 1. The van der Waals surface area contributed by atoms with Crippen LogP contribution >= 0.6 is 35.3 Å². The molecule has 22 heavy (non-hydrogen) atoms. The Bertz CT molecular complexity index is 418. The van der Waals surface area contributed by atoms with Crippen molar-refractivity contribution in [2.45, 2.75) is 59.3 Å². The number of nitrogens with zero attached hydrogens (tertiary/aromatic N) is 2. The van der Waals surface area contributed by atoms with Gasteiger partial charge in [0, 0.05) is 37.4 Å². The van der Waals surface area contributed by atoms with Gasteiger partial charge < -0.3 is 10.6 Å². The number of aliphatic imine (C=N–C) groups is 1. The molecular weight excluding hydrogens is 407 g/mol. The minimum atomic E-state index is 0. The van der Waals surface area contributed by atoms with E-state index in [9.17, 15) is 0 Å². The molecule has 2 N–H and O–H groups in total. The average molecular weight is 438 g/mol. The predicted molar refractivity (Wildman–Crippen MR) is 109 cm³/mol. The molecule has 128 valence electrons. The van der Waals surface area contributed by atoms with E-state index >= 15 is 0 Å². The van der Waals surface area contributed by atoms with Crippen molar-refractivity contribution >= 4 is 41.3 Å². The summed E-state index contributed by atoms with van der Waals surface area (Å²) in [4.78, 5) is 9.25. The van der Waals surface area contributed by atoms with Crippen molar-refractivity contribution in [2.75, 3.05) is 19.6 Å². The Morgan fingerprint density at radius 3 is 2.64 bits per heavy atom. The molecule has 0 unspecified atom stereocenters. The minimum Gasteiger partial charge on any atom is -0.357 e.